The highest BCUT2D eigenvalue weighted by molar-refractivity contribution is 7.87. The van der Waals surface area contributed by atoms with Crippen LogP contribution >= 0.6 is 11.3 Å². The van der Waals surface area contributed by atoms with E-state index < -0.39 is 10.8 Å². The number of carbonyl (C=O) groups is 1. The number of aromatic nitrogens is 2. The van der Waals surface area contributed by atoms with Gasteiger partial charge in [-0.2, -0.15) is 0 Å². The second kappa shape index (κ2) is 5.54. The van der Waals surface area contributed by atoms with Gasteiger partial charge >= 0.3 is 6.03 Å². The first-order valence-electron chi connectivity index (χ1n) is 5.03. The van der Waals surface area contributed by atoms with E-state index in [0.29, 0.717) is 9.47 Å². The first kappa shape index (κ1) is 14.0. The van der Waals surface area contributed by atoms with Crippen LogP contribution in [0, 0.1) is 0 Å². The minimum atomic E-state index is -1.16. The molecule has 0 radical (unpaired) electrons. The van der Waals surface area contributed by atoms with Gasteiger partial charge in [0.05, 0.1) is 10.8 Å². The van der Waals surface area contributed by atoms with Crippen LogP contribution in [-0.4, -0.2) is 51.7 Å². The number of hydrogen-bond acceptors (Lipinski definition) is 5. The Kier molecular flexibility index (Phi) is 4.58. The summed E-state index contributed by atoms with van der Waals surface area (Å²) in [7, 11) is 3.77. The second-order valence-electron chi connectivity index (χ2n) is 3.93. The molecule has 0 aromatic carbocycles. The monoisotopic (exact) mass is 276 g/mol. The van der Waals surface area contributed by atoms with Crippen molar-refractivity contribution in [3.63, 3.8) is 0 Å². The van der Waals surface area contributed by atoms with Crippen molar-refractivity contribution in [1.29, 1.82) is 0 Å². The molecule has 1 aromatic heterocycles. The Bertz CT molecular complexity index is 430. The molecule has 2 amide bonds. The van der Waals surface area contributed by atoms with Crippen LogP contribution in [0.3, 0.4) is 0 Å². The summed E-state index contributed by atoms with van der Waals surface area (Å²) in [6, 6.07) is -0.192. The van der Waals surface area contributed by atoms with Crippen LogP contribution in [0.2, 0.25) is 0 Å². The number of urea groups is 1. The summed E-state index contributed by atoms with van der Waals surface area (Å²) in [5.41, 5.74) is 0. The lowest BCUT2D eigenvalue weighted by atomic mass is 10.6. The molecular weight excluding hydrogens is 260 g/mol. The number of rotatable bonds is 3. The van der Waals surface area contributed by atoms with E-state index in [9.17, 15) is 9.00 Å². The van der Waals surface area contributed by atoms with Crippen LogP contribution in [-0.2, 0) is 10.8 Å². The van der Waals surface area contributed by atoms with E-state index in [1.807, 2.05) is 13.8 Å². The molecule has 0 N–H and O–H groups in total. The lowest BCUT2D eigenvalue weighted by molar-refractivity contribution is 0.225. The molecule has 1 heterocycles. The van der Waals surface area contributed by atoms with Crippen molar-refractivity contribution in [2.24, 2.45) is 0 Å². The lowest BCUT2D eigenvalue weighted by Gasteiger charge is -2.18. The fourth-order valence-corrected chi connectivity index (χ4v) is 3.19. The van der Waals surface area contributed by atoms with E-state index in [2.05, 4.69) is 10.2 Å². The molecule has 0 saturated carbocycles. The molecule has 96 valence electrons. The number of hydrogen-bond donors (Lipinski definition) is 0. The van der Waals surface area contributed by atoms with Crippen molar-refractivity contribution < 1.29 is 9.00 Å². The number of amides is 2. The molecule has 1 atom stereocenters. The fourth-order valence-electron chi connectivity index (χ4n) is 1.00. The first-order chi connectivity index (χ1) is 7.84. The van der Waals surface area contributed by atoms with Gasteiger partial charge in [0, 0.05) is 26.4 Å². The zero-order valence-electron chi connectivity index (χ0n) is 10.5. The Morgan fingerprint density at radius 1 is 1.29 bits per heavy atom. The molecule has 0 bridgehead atoms. The third kappa shape index (κ3) is 3.22. The summed E-state index contributed by atoms with van der Waals surface area (Å²) < 4.78 is 12.2. The Hall–Kier alpha value is -1.02. The van der Waals surface area contributed by atoms with Gasteiger partial charge in [-0.25, -0.2) is 4.79 Å². The minimum Gasteiger partial charge on any atom is -0.330 e. The van der Waals surface area contributed by atoms with Crippen LogP contribution in [0.4, 0.5) is 9.93 Å². The minimum absolute atomic E-state index is 0.00865. The van der Waals surface area contributed by atoms with E-state index in [0.717, 1.165) is 0 Å². The molecule has 0 aliphatic rings. The summed E-state index contributed by atoms with van der Waals surface area (Å²) in [5, 5.41) is 8.18. The van der Waals surface area contributed by atoms with E-state index >= 15 is 0 Å². The Morgan fingerprint density at radius 2 is 1.88 bits per heavy atom. The lowest BCUT2D eigenvalue weighted by Crippen LogP contribution is -2.36. The molecule has 8 heteroatoms. The maximum Gasteiger partial charge on any atom is 0.325 e. The van der Waals surface area contributed by atoms with Crippen LogP contribution in [0.25, 0.3) is 0 Å². The highest BCUT2D eigenvalue weighted by Crippen LogP contribution is 2.23. The highest BCUT2D eigenvalue weighted by atomic mass is 32.2. The standard InChI is InChI=1S/C9H16N4O2S2/c1-6(2)17(15)8-11-10-7(16-8)13(5)9(14)12(3)4/h6H,1-5H3. The van der Waals surface area contributed by atoms with E-state index in [4.69, 9.17) is 0 Å². The maximum atomic E-state index is 11.8. The van der Waals surface area contributed by atoms with Crippen molar-refractivity contribution >= 4 is 33.3 Å². The van der Waals surface area contributed by atoms with Crippen molar-refractivity contribution in [2.45, 2.75) is 23.4 Å². The van der Waals surface area contributed by atoms with Crippen molar-refractivity contribution in [2.75, 3.05) is 26.0 Å². The molecule has 0 aliphatic carbocycles. The third-order valence-corrected chi connectivity index (χ3v) is 4.77. The molecule has 1 aromatic rings. The van der Waals surface area contributed by atoms with Gasteiger partial charge in [-0.15, -0.1) is 10.2 Å². The number of nitrogens with zero attached hydrogens (tertiary/aromatic N) is 4. The quantitative estimate of drug-likeness (QED) is 0.777. The van der Waals surface area contributed by atoms with Crippen LogP contribution in [0.1, 0.15) is 13.8 Å². The van der Waals surface area contributed by atoms with E-state index in [-0.39, 0.29) is 11.3 Å². The van der Waals surface area contributed by atoms with Crippen LogP contribution in [0.15, 0.2) is 4.34 Å². The molecule has 6 nitrogen and oxygen atoms in total. The van der Waals surface area contributed by atoms with Crippen molar-refractivity contribution in [3.8, 4) is 0 Å². The van der Waals surface area contributed by atoms with Gasteiger partial charge in [0.25, 0.3) is 0 Å². The number of anilines is 1. The van der Waals surface area contributed by atoms with Gasteiger partial charge in [-0.05, 0) is 0 Å². The Morgan fingerprint density at radius 3 is 2.35 bits per heavy atom. The molecule has 1 rings (SSSR count). The van der Waals surface area contributed by atoms with Crippen LogP contribution in [0.5, 0.6) is 0 Å². The van der Waals surface area contributed by atoms with E-state index in [1.54, 1.807) is 21.1 Å². The predicted octanol–water partition coefficient (Wildman–Crippen LogP) is 1.17. The average molecular weight is 276 g/mol. The topological polar surface area (TPSA) is 66.4 Å². The Labute approximate surface area is 107 Å². The van der Waals surface area contributed by atoms with Gasteiger partial charge in [-0.1, -0.05) is 25.2 Å². The first-order valence-corrected chi connectivity index (χ1v) is 7.06. The molecule has 0 spiro atoms. The van der Waals surface area contributed by atoms with Gasteiger partial charge < -0.3 is 4.90 Å². The zero-order valence-corrected chi connectivity index (χ0v) is 12.1. The van der Waals surface area contributed by atoms with Crippen molar-refractivity contribution in [3.05, 3.63) is 0 Å². The number of carbonyl (C=O) groups excluding carboxylic acids is 1. The molecule has 17 heavy (non-hydrogen) atoms. The van der Waals surface area contributed by atoms with Crippen molar-refractivity contribution in [1.82, 2.24) is 15.1 Å². The van der Waals surface area contributed by atoms with Crippen LogP contribution < -0.4 is 4.90 Å². The largest absolute Gasteiger partial charge is 0.330 e. The predicted molar refractivity (Wildman–Crippen MR) is 68.9 cm³/mol. The van der Waals surface area contributed by atoms with Gasteiger partial charge in [-0.3, -0.25) is 9.11 Å². The zero-order chi connectivity index (χ0) is 13.2. The Balaban J connectivity index is 2.88. The summed E-state index contributed by atoms with van der Waals surface area (Å²) in [6.45, 7) is 3.71. The molecule has 0 saturated heterocycles. The maximum absolute atomic E-state index is 11.8. The average Bonchev–Trinajstić information content (AvgIpc) is 2.74. The van der Waals surface area contributed by atoms with Gasteiger partial charge in [0.2, 0.25) is 9.47 Å². The fraction of sp³-hybridized carbons (Fsp3) is 0.667. The smallest absolute Gasteiger partial charge is 0.325 e. The molecular formula is C9H16N4O2S2. The summed E-state index contributed by atoms with van der Waals surface area (Å²) in [6.07, 6.45) is 0. The van der Waals surface area contributed by atoms with Gasteiger partial charge in [0.15, 0.2) is 0 Å². The molecule has 0 aliphatic heterocycles. The molecule has 1 unspecified atom stereocenters. The molecule has 0 fully saturated rings. The summed E-state index contributed by atoms with van der Waals surface area (Å²) in [5.74, 6) is 0. The second-order valence-corrected chi connectivity index (χ2v) is 7.07. The summed E-state index contributed by atoms with van der Waals surface area (Å²) in [4.78, 5) is 14.5. The van der Waals surface area contributed by atoms with Gasteiger partial charge in [0.1, 0.15) is 0 Å². The third-order valence-electron chi connectivity index (χ3n) is 1.95. The highest BCUT2D eigenvalue weighted by Gasteiger charge is 2.20. The normalized spacial score (nSPS) is 12.6. The SMILES string of the molecule is CC(C)S(=O)c1nnc(N(C)C(=O)N(C)C)s1. The summed E-state index contributed by atoms with van der Waals surface area (Å²) >= 11 is 1.18. The van der Waals surface area contributed by atoms with E-state index in [1.165, 1.54) is 21.1 Å².